The van der Waals surface area contributed by atoms with Gasteiger partial charge in [-0.2, -0.15) is 0 Å². The molecule has 0 atom stereocenters. The van der Waals surface area contributed by atoms with Gasteiger partial charge in [0.2, 0.25) is 5.75 Å². The van der Waals surface area contributed by atoms with Crippen LogP contribution in [0.15, 0.2) is 36.4 Å². The minimum Gasteiger partial charge on any atom is -0.507 e. The zero-order valence-electron chi connectivity index (χ0n) is 18.8. The Hall–Kier alpha value is -3.87. The summed E-state index contributed by atoms with van der Waals surface area (Å²) >= 11 is 0. The van der Waals surface area contributed by atoms with Gasteiger partial charge in [0.15, 0.2) is 23.1 Å². The number of hydrogen-bond acceptors (Lipinski definition) is 6. The number of rotatable bonds is 5. The highest BCUT2D eigenvalue weighted by Gasteiger charge is 2.28. The van der Waals surface area contributed by atoms with E-state index in [0.717, 1.165) is 5.56 Å². The highest BCUT2D eigenvalue weighted by molar-refractivity contribution is 6.02. The average Bonchev–Trinajstić information content (AvgIpc) is 2.82. The Morgan fingerprint density at radius 1 is 0.939 bits per heavy atom. The smallest absolute Gasteiger partial charge is 0.200 e. The van der Waals surface area contributed by atoms with Gasteiger partial charge in [0.05, 0.1) is 14.2 Å². The number of hydrogen-bond donors (Lipinski definition) is 3. The highest BCUT2D eigenvalue weighted by atomic mass is 19.1. The second-order valence-corrected chi connectivity index (χ2v) is 7.78. The Bertz CT molecular complexity index is 1250. The van der Waals surface area contributed by atoms with Crippen LogP contribution in [-0.2, 0) is 6.42 Å². The molecule has 1 aliphatic rings. The minimum atomic E-state index is -0.750. The van der Waals surface area contributed by atoms with Crippen LogP contribution in [-0.4, -0.2) is 36.1 Å². The fraction of sp³-hybridized carbons (Fsp3) is 0.231. The number of halogens is 1. The van der Waals surface area contributed by atoms with Crippen LogP contribution < -0.4 is 14.2 Å². The van der Waals surface area contributed by atoms with Crippen molar-refractivity contribution in [2.75, 3.05) is 20.8 Å². The molecule has 33 heavy (non-hydrogen) atoms. The van der Waals surface area contributed by atoms with Gasteiger partial charge in [-0.1, -0.05) is 13.0 Å². The van der Waals surface area contributed by atoms with Crippen molar-refractivity contribution in [1.29, 1.82) is 0 Å². The molecule has 1 heterocycles. The molecular formula is C26H25FO6. The Labute approximate surface area is 191 Å². The SMILES string of the molecule is CCc1cc2c(c(C)c1O)OCC(c1cc(OC)c(O)c(OC)c1)=C2c1ccc(O)c(F)c1. The van der Waals surface area contributed by atoms with Crippen molar-refractivity contribution in [3.63, 3.8) is 0 Å². The monoisotopic (exact) mass is 452 g/mol. The minimum absolute atomic E-state index is 0.119. The lowest BCUT2D eigenvalue weighted by Gasteiger charge is -2.28. The first-order valence-corrected chi connectivity index (χ1v) is 10.5. The first-order chi connectivity index (χ1) is 15.8. The van der Waals surface area contributed by atoms with Gasteiger partial charge in [-0.3, -0.25) is 0 Å². The van der Waals surface area contributed by atoms with Gasteiger partial charge in [0.25, 0.3) is 0 Å². The average molecular weight is 452 g/mol. The number of benzene rings is 3. The van der Waals surface area contributed by atoms with E-state index in [2.05, 4.69) is 0 Å². The molecule has 0 saturated heterocycles. The van der Waals surface area contributed by atoms with Crippen molar-refractivity contribution in [3.05, 3.63) is 70.0 Å². The van der Waals surface area contributed by atoms with E-state index in [1.54, 1.807) is 25.1 Å². The summed E-state index contributed by atoms with van der Waals surface area (Å²) < 4.78 is 31.1. The maximum Gasteiger partial charge on any atom is 0.200 e. The number of ether oxygens (including phenoxy) is 3. The summed E-state index contributed by atoms with van der Waals surface area (Å²) in [5, 5.41) is 30.7. The number of aryl methyl sites for hydroxylation is 1. The fourth-order valence-electron chi connectivity index (χ4n) is 4.17. The molecule has 0 aromatic heterocycles. The van der Waals surface area contributed by atoms with Crippen molar-refractivity contribution >= 4 is 11.1 Å². The third-order valence-corrected chi connectivity index (χ3v) is 5.94. The zero-order chi connectivity index (χ0) is 23.9. The van der Waals surface area contributed by atoms with Gasteiger partial charge in [-0.05, 0) is 65.9 Å². The molecule has 0 spiro atoms. The van der Waals surface area contributed by atoms with Crippen LogP contribution in [0.5, 0.6) is 34.5 Å². The van der Waals surface area contributed by atoms with Crippen LogP contribution in [0, 0.1) is 12.7 Å². The summed E-state index contributed by atoms with van der Waals surface area (Å²) in [6.45, 7) is 3.83. The second kappa shape index (κ2) is 8.58. The topological polar surface area (TPSA) is 88.4 Å². The Morgan fingerprint density at radius 2 is 1.61 bits per heavy atom. The number of methoxy groups -OCH3 is 2. The maximum atomic E-state index is 14.4. The molecule has 172 valence electrons. The van der Waals surface area contributed by atoms with Gasteiger partial charge >= 0.3 is 0 Å². The van der Waals surface area contributed by atoms with E-state index in [9.17, 15) is 19.7 Å². The molecule has 0 aliphatic carbocycles. The van der Waals surface area contributed by atoms with E-state index < -0.39 is 11.6 Å². The summed E-state index contributed by atoms with van der Waals surface area (Å²) in [6.07, 6.45) is 0.591. The van der Waals surface area contributed by atoms with Gasteiger partial charge in [0.1, 0.15) is 18.1 Å². The fourth-order valence-corrected chi connectivity index (χ4v) is 4.17. The third-order valence-electron chi connectivity index (χ3n) is 5.94. The number of phenolic OH excluding ortho intramolecular Hbond substituents is 3. The normalized spacial score (nSPS) is 12.9. The van der Waals surface area contributed by atoms with E-state index in [1.165, 1.54) is 26.4 Å². The first kappa shape index (κ1) is 22.3. The van der Waals surface area contributed by atoms with Crippen LogP contribution in [0.1, 0.15) is 34.7 Å². The lowest BCUT2D eigenvalue weighted by molar-refractivity contribution is 0.339. The molecule has 0 amide bonds. The molecule has 0 radical (unpaired) electrons. The van der Waals surface area contributed by atoms with Crippen molar-refractivity contribution in [3.8, 4) is 34.5 Å². The standard InChI is InChI=1S/C26H25FO6/c1-5-14-8-17-23(15-6-7-20(28)19(27)9-15)18(12-33-26(17)13(2)24(14)29)16-10-21(31-3)25(30)22(11-16)32-4/h6-11,28-30H,5,12H2,1-4H3. The summed E-state index contributed by atoms with van der Waals surface area (Å²) in [7, 11) is 2.88. The van der Waals surface area contributed by atoms with E-state index in [0.29, 0.717) is 45.6 Å². The first-order valence-electron chi connectivity index (χ1n) is 10.5. The van der Waals surface area contributed by atoms with Gasteiger partial charge < -0.3 is 29.5 Å². The van der Waals surface area contributed by atoms with Crippen LogP contribution in [0.25, 0.3) is 11.1 Å². The molecular weight excluding hydrogens is 427 g/mol. The van der Waals surface area contributed by atoms with Crippen LogP contribution in [0.4, 0.5) is 4.39 Å². The van der Waals surface area contributed by atoms with Gasteiger partial charge in [-0.25, -0.2) is 4.39 Å². The lowest BCUT2D eigenvalue weighted by Crippen LogP contribution is -2.14. The van der Waals surface area contributed by atoms with E-state index in [4.69, 9.17) is 14.2 Å². The predicted molar refractivity (Wildman–Crippen MR) is 123 cm³/mol. The molecule has 0 fully saturated rings. The molecule has 7 heteroatoms. The quantitative estimate of drug-likeness (QED) is 0.494. The summed E-state index contributed by atoms with van der Waals surface area (Å²) in [5.41, 5.74) is 4.59. The summed E-state index contributed by atoms with van der Waals surface area (Å²) in [5.74, 6) is -0.215. The van der Waals surface area contributed by atoms with Crippen molar-refractivity contribution < 1.29 is 33.9 Å². The number of phenols is 3. The molecule has 1 aliphatic heterocycles. The van der Waals surface area contributed by atoms with Crippen molar-refractivity contribution in [2.24, 2.45) is 0 Å². The van der Waals surface area contributed by atoms with Crippen molar-refractivity contribution in [1.82, 2.24) is 0 Å². The third kappa shape index (κ3) is 3.69. The largest absolute Gasteiger partial charge is 0.507 e. The molecule has 0 saturated carbocycles. The van der Waals surface area contributed by atoms with Gasteiger partial charge in [-0.15, -0.1) is 0 Å². The highest BCUT2D eigenvalue weighted by Crippen LogP contribution is 2.48. The maximum absolute atomic E-state index is 14.4. The number of fused-ring (bicyclic) bond motifs is 1. The van der Waals surface area contributed by atoms with Crippen LogP contribution in [0.3, 0.4) is 0 Å². The molecule has 0 bridgehead atoms. The lowest BCUT2D eigenvalue weighted by atomic mass is 9.85. The Kier molecular flexibility index (Phi) is 5.80. The van der Waals surface area contributed by atoms with Crippen LogP contribution in [0.2, 0.25) is 0 Å². The molecule has 0 unspecified atom stereocenters. The van der Waals surface area contributed by atoms with Crippen molar-refractivity contribution in [2.45, 2.75) is 20.3 Å². The molecule has 3 aromatic rings. The molecule has 3 N–H and O–H groups in total. The summed E-state index contributed by atoms with van der Waals surface area (Å²) in [6, 6.07) is 9.36. The number of aromatic hydroxyl groups is 3. The van der Waals surface area contributed by atoms with E-state index >= 15 is 0 Å². The molecule has 3 aromatic carbocycles. The Balaban J connectivity index is 2.09. The summed E-state index contributed by atoms with van der Waals surface area (Å²) in [4.78, 5) is 0. The van der Waals surface area contributed by atoms with E-state index in [-0.39, 0.29) is 29.6 Å². The Morgan fingerprint density at radius 3 is 2.18 bits per heavy atom. The van der Waals surface area contributed by atoms with E-state index in [1.807, 2.05) is 13.0 Å². The van der Waals surface area contributed by atoms with Crippen LogP contribution >= 0.6 is 0 Å². The molecule has 6 nitrogen and oxygen atoms in total. The zero-order valence-corrected chi connectivity index (χ0v) is 18.8. The predicted octanol–water partition coefficient (Wildman–Crippen LogP) is 5.18. The second-order valence-electron chi connectivity index (χ2n) is 7.78. The molecule has 4 rings (SSSR count). The van der Waals surface area contributed by atoms with Gasteiger partial charge in [0, 0.05) is 16.7 Å².